The van der Waals surface area contributed by atoms with Crippen molar-refractivity contribution in [2.24, 2.45) is 5.92 Å². The van der Waals surface area contributed by atoms with Crippen LogP contribution in [0.3, 0.4) is 0 Å². The van der Waals surface area contributed by atoms with E-state index < -0.39 is 0 Å². The Hall–Kier alpha value is 0.620. The lowest BCUT2D eigenvalue weighted by molar-refractivity contribution is 0.335. The van der Waals surface area contributed by atoms with E-state index in [-0.39, 0.29) is 0 Å². The minimum atomic E-state index is 0.907. The van der Waals surface area contributed by atoms with Crippen molar-refractivity contribution in [3.8, 4) is 0 Å². The predicted octanol–water partition coefficient (Wildman–Crippen LogP) is 0.949. The first-order chi connectivity index (χ1) is 5.97. The zero-order chi connectivity index (χ0) is 8.23. The van der Waals surface area contributed by atoms with E-state index in [1.165, 1.54) is 23.7 Å². The molecule has 2 aliphatic heterocycles. The Morgan fingerprint density at radius 2 is 2.17 bits per heavy atom. The zero-order valence-corrected chi connectivity index (χ0v) is 8.85. The van der Waals surface area contributed by atoms with Crippen LogP contribution in [-0.2, 0) is 0 Å². The lowest BCUT2D eigenvalue weighted by Gasteiger charge is -2.32. The average molecular weight is 204 g/mol. The lowest BCUT2D eigenvalue weighted by atomic mass is 10.0. The monoisotopic (exact) mass is 204 g/mol. The molecule has 2 saturated heterocycles. The molecule has 2 atom stereocenters. The summed E-state index contributed by atoms with van der Waals surface area (Å²) in [5.41, 5.74) is 6.45. The number of hydrogen-bond acceptors (Lipinski definition) is 4. The molecule has 2 nitrogen and oxygen atoms in total. The van der Waals surface area contributed by atoms with Crippen LogP contribution in [0.5, 0.6) is 0 Å². The van der Waals surface area contributed by atoms with Gasteiger partial charge in [0.25, 0.3) is 0 Å². The number of hydrazine groups is 1. The van der Waals surface area contributed by atoms with Crippen LogP contribution >= 0.6 is 23.5 Å². The molecule has 0 amide bonds. The largest absolute Gasteiger partial charge is 0.258 e. The van der Waals surface area contributed by atoms with E-state index >= 15 is 0 Å². The van der Waals surface area contributed by atoms with E-state index in [0.29, 0.717) is 0 Å². The summed E-state index contributed by atoms with van der Waals surface area (Å²) in [6.45, 7) is 2.31. The molecule has 4 heteroatoms. The average Bonchev–Trinajstić information content (AvgIpc) is 2.21. The maximum absolute atomic E-state index is 3.26. The Morgan fingerprint density at radius 3 is 2.83 bits per heavy atom. The number of hydrogen-bond donors (Lipinski definition) is 2. The van der Waals surface area contributed by atoms with Gasteiger partial charge in [0.15, 0.2) is 0 Å². The molecule has 0 aromatic rings. The molecule has 0 aliphatic carbocycles. The van der Waals surface area contributed by atoms with E-state index in [9.17, 15) is 0 Å². The summed E-state index contributed by atoms with van der Waals surface area (Å²) in [6.07, 6.45) is 1.35. The lowest BCUT2D eigenvalue weighted by Crippen LogP contribution is -2.46. The summed E-state index contributed by atoms with van der Waals surface area (Å²) >= 11 is 4.31. The summed E-state index contributed by atoms with van der Waals surface area (Å²) in [4.78, 5) is 0. The van der Waals surface area contributed by atoms with E-state index in [0.717, 1.165) is 24.3 Å². The quantitative estimate of drug-likeness (QED) is 0.664. The Morgan fingerprint density at radius 1 is 1.17 bits per heavy atom. The third-order valence-corrected chi connectivity index (χ3v) is 5.47. The second-order valence-electron chi connectivity index (χ2n) is 3.34. The van der Waals surface area contributed by atoms with Gasteiger partial charge in [-0.3, -0.25) is 10.9 Å². The first-order valence-electron chi connectivity index (χ1n) is 4.62. The third-order valence-electron chi connectivity index (χ3n) is 2.50. The first kappa shape index (κ1) is 9.19. The van der Waals surface area contributed by atoms with Crippen molar-refractivity contribution < 1.29 is 0 Å². The van der Waals surface area contributed by atoms with Gasteiger partial charge in [0.05, 0.1) is 0 Å². The van der Waals surface area contributed by atoms with E-state index in [1.807, 2.05) is 0 Å². The van der Waals surface area contributed by atoms with Gasteiger partial charge >= 0.3 is 0 Å². The van der Waals surface area contributed by atoms with Crippen molar-refractivity contribution in [2.75, 3.05) is 30.3 Å². The molecular formula is C8H16N2S2. The molecule has 12 heavy (non-hydrogen) atoms. The molecule has 2 heterocycles. The van der Waals surface area contributed by atoms with E-state index in [1.54, 1.807) is 0 Å². The van der Waals surface area contributed by atoms with Gasteiger partial charge in [-0.15, -0.1) is 0 Å². The van der Waals surface area contributed by atoms with Crippen LogP contribution < -0.4 is 10.9 Å². The second-order valence-corrected chi connectivity index (χ2v) is 5.84. The highest BCUT2D eigenvalue weighted by atomic mass is 32.2. The van der Waals surface area contributed by atoms with Crippen molar-refractivity contribution in [3.63, 3.8) is 0 Å². The summed E-state index contributed by atoms with van der Waals surface area (Å²) in [6, 6.07) is 0. The smallest absolute Gasteiger partial charge is 0.0179 e. The molecule has 0 spiro atoms. The minimum Gasteiger partial charge on any atom is -0.258 e. The maximum atomic E-state index is 3.26. The molecule has 2 unspecified atom stereocenters. The Balaban J connectivity index is 1.80. The van der Waals surface area contributed by atoms with Crippen molar-refractivity contribution in [2.45, 2.75) is 11.7 Å². The van der Waals surface area contributed by atoms with Crippen LogP contribution in [0.2, 0.25) is 0 Å². The van der Waals surface area contributed by atoms with Crippen LogP contribution in [0.15, 0.2) is 0 Å². The normalized spacial score (nSPS) is 38.0. The Kier molecular flexibility index (Phi) is 3.63. The molecule has 2 rings (SSSR count). The van der Waals surface area contributed by atoms with Gasteiger partial charge in [-0.2, -0.15) is 23.5 Å². The molecular weight excluding hydrogens is 188 g/mol. The van der Waals surface area contributed by atoms with Crippen molar-refractivity contribution in [3.05, 3.63) is 0 Å². The fourth-order valence-corrected chi connectivity index (χ4v) is 4.76. The number of thioether (sulfide) groups is 2. The maximum Gasteiger partial charge on any atom is 0.0179 e. The Bertz CT molecular complexity index is 115. The fraction of sp³-hybridized carbons (Fsp3) is 1.00. The second kappa shape index (κ2) is 4.74. The van der Waals surface area contributed by atoms with Crippen LogP contribution in [0.25, 0.3) is 0 Å². The third kappa shape index (κ3) is 2.31. The standard InChI is InChI=1S/C8H16N2S2/c1-2-9-10-5-7(1)8-6-11-3-4-12-8/h7-10H,1-6H2. The van der Waals surface area contributed by atoms with Gasteiger partial charge in [0, 0.05) is 35.6 Å². The van der Waals surface area contributed by atoms with Crippen LogP contribution in [0.1, 0.15) is 6.42 Å². The van der Waals surface area contributed by atoms with Gasteiger partial charge in [-0.1, -0.05) is 0 Å². The molecule has 2 N–H and O–H groups in total. The molecule has 0 radical (unpaired) electrons. The molecule has 2 fully saturated rings. The topological polar surface area (TPSA) is 24.1 Å². The molecule has 0 aromatic carbocycles. The summed E-state index contributed by atoms with van der Waals surface area (Å²) in [5, 5.41) is 0.915. The number of nitrogens with one attached hydrogen (secondary N) is 2. The molecule has 0 bridgehead atoms. The predicted molar refractivity (Wildman–Crippen MR) is 57.7 cm³/mol. The fourth-order valence-electron chi connectivity index (χ4n) is 1.75. The van der Waals surface area contributed by atoms with Gasteiger partial charge in [-0.25, -0.2) is 0 Å². The zero-order valence-electron chi connectivity index (χ0n) is 7.21. The van der Waals surface area contributed by atoms with E-state index in [4.69, 9.17) is 0 Å². The molecule has 2 aliphatic rings. The SMILES string of the molecule is C1CC(C2CSCCS2)CNN1. The Labute approximate surface area is 82.6 Å². The van der Waals surface area contributed by atoms with Crippen LogP contribution in [0, 0.1) is 5.92 Å². The van der Waals surface area contributed by atoms with Gasteiger partial charge in [-0.05, 0) is 12.3 Å². The summed E-state index contributed by atoms with van der Waals surface area (Å²) < 4.78 is 0. The van der Waals surface area contributed by atoms with Crippen LogP contribution in [0.4, 0.5) is 0 Å². The highest BCUT2D eigenvalue weighted by Crippen LogP contribution is 2.31. The van der Waals surface area contributed by atoms with Gasteiger partial charge < -0.3 is 0 Å². The number of rotatable bonds is 1. The minimum absolute atomic E-state index is 0.907. The van der Waals surface area contributed by atoms with Gasteiger partial charge in [0.1, 0.15) is 0 Å². The van der Waals surface area contributed by atoms with E-state index in [2.05, 4.69) is 34.4 Å². The molecule has 0 saturated carbocycles. The molecule has 70 valence electrons. The highest BCUT2D eigenvalue weighted by Gasteiger charge is 2.25. The summed E-state index contributed by atoms with van der Waals surface area (Å²) in [7, 11) is 0. The van der Waals surface area contributed by atoms with Crippen LogP contribution in [-0.4, -0.2) is 35.6 Å². The van der Waals surface area contributed by atoms with Gasteiger partial charge in [0.2, 0.25) is 0 Å². The summed E-state index contributed by atoms with van der Waals surface area (Å²) in [5.74, 6) is 5.00. The van der Waals surface area contributed by atoms with Crippen molar-refractivity contribution in [1.29, 1.82) is 0 Å². The van der Waals surface area contributed by atoms with Crippen molar-refractivity contribution >= 4 is 23.5 Å². The van der Waals surface area contributed by atoms with Crippen molar-refractivity contribution in [1.82, 2.24) is 10.9 Å². The molecule has 0 aromatic heterocycles. The highest BCUT2D eigenvalue weighted by molar-refractivity contribution is 8.06. The first-order valence-corrected chi connectivity index (χ1v) is 6.82.